The fourth-order valence-corrected chi connectivity index (χ4v) is 3.09. The van der Waals surface area contributed by atoms with Gasteiger partial charge < -0.3 is 9.73 Å². The maximum Gasteiger partial charge on any atom is 0.270 e. The predicted octanol–water partition coefficient (Wildman–Crippen LogP) is 5.27. The topological polar surface area (TPSA) is 111 Å². The molecule has 150 valence electrons. The van der Waals surface area contributed by atoms with Crippen molar-refractivity contribution in [3.63, 3.8) is 0 Å². The number of pyridine rings is 1. The van der Waals surface area contributed by atoms with Crippen molar-refractivity contribution in [3.8, 4) is 11.5 Å². The van der Waals surface area contributed by atoms with Crippen molar-refractivity contribution in [2.24, 2.45) is 0 Å². The molecule has 0 saturated heterocycles. The molecule has 0 aliphatic heterocycles. The molecule has 4 aromatic rings. The zero-order chi connectivity index (χ0) is 21.3. The quantitative estimate of drug-likeness (QED) is 0.346. The van der Waals surface area contributed by atoms with Gasteiger partial charge in [-0.25, -0.2) is 4.98 Å². The highest BCUT2D eigenvalue weighted by molar-refractivity contribution is 6.34. The molecular formula is C21H15ClN4O4. The number of carbonyl (C=O) groups excluding carboxylic acids is 1. The van der Waals surface area contributed by atoms with Gasteiger partial charge in [-0.2, -0.15) is 0 Å². The number of aryl methyl sites for hydroxylation is 1. The molecule has 0 atom stereocenters. The highest BCUT2D eigenvalue weighted by Crippen LogP contribution is 2.27. The summed E-state index contributed by atoms with van der Waals surface area (Å²) >= 11 is 6.03. The summed E-state index contributed by atoms with van der Waals surface area (Å²) in [7, 11) is 0. The molecule has 2 aromatic carbocycles. The largest absolute Gasteiger partial charge is 0.436 e. The molecule has 0 aliphatic carbocycles. The molecule has 8 nitrogen and oxygen atoms in total. The summed E-state index contributed by atoms with van der Waals surface area (Å²) in [5.74, 6) is -0.142. The van der Waals surface area contributed by atoms with Crippen molar-refractivity contribution in [3.05, 3.63) is 81.1 Å². The molecular weight excluding hydrogens is 408 g/mol. The van der Waals surface area contributed by atoms with Gasteiger partial charge in [-0.3, -0.25) is 19.9 Å². The van der Waals surface area contributed by atoms with E-state index in [1.807, 2.05) is 19.1 Å². The van der Waals surface area contributed by atoms with Gasteiger partial charge in [0, 0.05) is 29.7 Å². The third-order valence-corrected chi connectivity index (χ3v) is 4.81. The van der Waals surface area contributed by atoms with Crippen LogP contribution >= 0.6 is 11.6 Å². The lowest BCUT2D eigenvalue weighted by Gasteiger charge is -2.06. The van der Waals surface area contributed by atoms with Gasteiger partial charge in [-0.1, -0.05) is 18.5 Å². The van der Waals surface area contributed by atoms with Gasteiger partial charge in [-0.05, 0) is 42.8 Å². The second-order valence-corrected chi connectivity index (χ2v) is 6.88. The van der Waals surface area contributed by atoms with Crippen LogP contribution in [0, 0.1) is 10.1 Å². The van der Waals surface area contributed by atoms with Crippen molar-refractivity contribution in [1.29, 1.82) is 0 Å². The van der Waals surface area contributed by atoms with Crippen LogP contribution in [-0.2, 0) is 6.42 Å². The molecule has 0 saturated carbocycles. The monoisotopic (exact) mass is 422 g/mol. The minimum Gasteiger partial charge on any atom is -0.436 e. The van der Waals surface area contributed by atoms with E-state index in [4.69, 9.17) is 16.0 Å². The Labute approximate surface area is 175 Å². The number of nitro benzene ring substituents is 1. The maximum atomic E-state index is 12.6. The van der Waals surface area contributed by atoms with E-state index in [1.54, 1.807) is 24.4 Å². The van der Waals surface area contributed by atoms with Gasteiger partial charge in [0.25, 0.3) is 11.6 Å². The van der Waals surface area contributed by atoms with Crippen LogP contribution in [-0.4, -0.2) is 20.8 Å². The average molecular weight is 423 g/mol. The number of oxazole rings is 1. The molecule has 0 radical (unpaired) electrons. The van der Waals surface area contributed by atoms with Crippen LogP contribution in [0.3, 0.4) is 0 Å². The Morgan fingerprint density at radius 3 is 2.73 bits per heavy atom. The highest BCUT2D eigenvalue weighted by Gasteiger charge is 2.17. The van der Waals surface area contributed by atoms with Gasteiger partial charge >= 0.3 is 0 Å². The number of non-ortho nitro benzene ring substituents is 1. The fraction of sp³-hybridized carbons (Fsp3) is 0.0952. The Kier molecular flexibility index (Phi) is 5.16. The number of fused-ring (bicyclic) bond motifs is 1. The van der Waals surface area contributed by atoms with Gasteiger partial charge in [0.2, 0.25) is 5.89 Å². The minimum atomic E-state index is -0.585. The van der Waals surface area contributed by atoms with E-state index in [0.717, 1.165) is 23.7 Å². The first-order valence-electron chi connectivity index (χ1n) is 9.06. The molecule has 2 heterocycles. The number of aromatic nitrogens is 2. The first kappa shape index (κ1) is 19.5. The van der Waals surface area contributed by atoms with Crippen LogP contribution < -0.4 is 5.32 Å². The molecule has 9 heteroatoms. The van der Waals surface area contributed by atoms with Crippen LogP contribution in [0.15, 0.2) is 59.1 Å². The average Bonchev–Trinajstić information content (AvgIpc) is 3.17. The van der Waals surface area contributed by atoms with E-state index in [9.17, 15) is 14.9 Å². The number of amides is 1. The summed E-state index contributed by atoms with van der Waals surface area (Å²) in [5, 5.41) is 13.8. The lowest BCUT2D eigenvalue weighted by atomic mass is 10.2. The number of rotatable bonds is 5. The van der Waals surface area contributed by atoms with E-state index < -0.39 is 10.8 Å². The molecule has 30 heavy (non-hydrogen) atoms. The maximum absolute atomic E-state index is 12.6. The van der Waals surface area contributed by atoms with Crippen LogP contribution in [0.2, 0.25) is 5.02 Å². The zero-order valence-corrected chi connectivity index (χ0v) is 16.5. The van der Waals surface area contributed by atoms with Crippen LogP contribution in [0.4, 0.5) is 11.4 Å². The van der Waals surface area contributed by atoms with E-state index >= 15 is 0 Å². The minimum absolute atomic E-state index is 0.00823. The smallest absolute Gasteiger partial charge is 0.270 e. The molecule has 0 spiro atoms. The van der Waals surface area contributed by atoms with E-state index in [1.165, 1.54) is 12.1 Å². The highest BCUT2D eigenvalue weighted by atomic mass is 35.5. The van der Waals surface area contributed by atoms with E-state index in [-0.39, 0.29) is 16.3 Å². The normalized spacial score (nSPS) is 10.9. The summed E-state index contributed by atoms with van der Waals surface area (Å²) in [6.07, 6.45) is 2.54. The SMILES string of the molecule is CCc1ccc(-c2nc3cc(NC(=O)c4cc([N+](=O)[O-])ccc4Cl)ccc3o2)cn1. The number of hydrogen-bond acceptors (Lipinski definition) is 6. The number of anilines is 1. The zero-order valence-electron chi connectivity index (χ0n) is 15.8. The summed E-state index contributed by atoms with van der Waals surface area (Å²) in [6.45, 7) is 2.03. The summed E-state index contributed by atoms with van der Waals surface area (Å²) < 4.78 is 5.77. The van der Waals surface area contributed by atoms with E-state index in [0.29, 0.717) is 22.7 Å². The van der Waals surface area contributed by atoms with Gasteiger partial charge in [0.15, 0.2) is 5.58 Å². The number of nitrogens with one attached hydrogen (secondary N) is 1. The lowest BCUT2D eigenvalue weighted by molar-refractivity contribution is -0.384. The number of benzene rings is 2. The lowest BCUT2D eigenvalue weighted by Crippen LogP contribution is -2.12. The van der Waals surface area contributed by atoms with Crippen molar-refractivity contribution in [2.75, 3.05) is 5.32 Å². The molecule has 2 aromatic heterocycles. The first-order valence-corrected chi connectivity index (χ1v) is 9.43. The van der Waals surface area contributed by atoms with E-state index in [2.05, 4.69) is 15.3 Å². The van der Waals surface area contributed by atoms with Gasteiger partial charge in [0.1, 0.15) is 5.52 Å². The first-order chi connectivity index (χ1) is 14.4. The van der Waals surface area contributed by atoms with Crippen molar-refractivity contribution in [1.82, 2.24) is 9.97 Å². The Bertz CT molecular complexity index is 1270. The number of hydrogen-bond donors (Lipinski definition) is 1. The molecule has 0 unspecified atom stereocenters. The summed E-state index contributed by atoms with van der Waals surface area (Å²) in [6, 6.07) is 12.5. The Hall–Kier alpha value is -3.78. The molecule has 0 bridgehead atoms. The van der Waals surface area contributed by atoms with Crippen molar-refractivity contribution >= 4 is 40.0 Å². The van der Waals surface area contributed by atoms with Crippen LogP contribution in [0.25, 0.3) is 22.6 Å². The van der Waals surface area contributed by atoms with Crippen LogP contribution in [0.1, 0.15) is 23.0 Å². The van der Waals surface area contributed by atoms with Crippen molar-refractivity contribution in [2.45, 2.75) is 13.3 Å². The van der Waals surface area contributed by atoms with Crippen molar-refractivity contribution < 1.29 is 14.1 Å². The summed E-state index contributed by atoms with van der Waals surface area (Å²) in [5.41, 5.74) is 3.06. The third-order valence-electron chi connectivity index (χ3n) is 4.48. The molecule has 1 amide bonds. The standard InChI is InChI=1S/C21H15ClN4O4/c1-2-13-4-3-12(11-23-13)21-25-18-9-14(5-8-19(18)30-21)24-20(27)16-10-15(26(28)29)6-7-17(16)22/h3-11H,2H2,1H3,(H,24,27). The number of halogens is 1. The molecule has 0 fully saturated rings. The Morgan fingerprint density at radius 1 is 1.20 bits per heavy atom. The number of carbonyl (C=O) groups is 1. The molecule has 1 N–H and O–H groups in total. The Balaban J connectivity index is 1.60. The predicted molar refractivity (Wildman–Crippen MR) is 113 cm³/mol. The second kappa shape index (κ2) is 7.92. The molecule has 4 rings (SSSR count). The van der Waals surface area contributed by atoms with Gasteiger partial charge in [-0.15, -0.1) is 0 Å². The summed E-state index contributed by atoms with van der Waals surface area (Å²) in [4.78, 5) is 31.7. The second-order valence-electron chi connectivity index (χ2n) is 6.47. The Morgan fingerprint density at radius 2 is 2.03 bits per heavy atom. The fourth-order valence-electron chi connectivity index (χ4n) is 2.89. The number of nitrogens with zero attached hydrogens (tertiary/aromatic N) is 3. The third kappa shape index (κ3) is 3.85. The van der Waals surface area contributed by atoms with Crippen LogP contribution in [0.5, 0.6) is 0 Å². The molecule has 0 aliphatic rings. The number of nitro groups is 1. The van der Waals surface area contributed by atoms with Gasteiger partial charge in [0.05, 0.1) is 21.1 Å².